The van der Waals surface area contributed by atoms with Crippen molar-refractivity contribution < 1.29 is 14.3 Å². The van der Waals surface area contributed by atoms with Gasteiger partial charge in [0.1, 0.15) is 11.4 Å². The molecule has 4 rings (SSSR count). The quantitative estimate of drug-likeness (QED) is 0.536. The van der Waals surface area contributed by atoms with Crippen LogP contribution in [-0.2, 0) is 9.59 Å². The fourth-order valence-electron chi connectivity index (χ4n) is 3.93. The van der Waals surface area contributed by atoms with Crippen molar-refractivity contribution in [2.24, 2.45) is 0 Å². The fraction of sp³-hybridized carbons (Fsp3) is 0.185. The van der Waals surface area contributed by atoms with Crippen molar-refractivity contribution in [1.82, 2.24) is 0 Å². The molecule has 0 saturated heterocycles. The molecule has 0 saturated carbocycles. The Balaban J connectivity index is 1.82. The molecule has 3 aromatic rings. The molecule has 0 aromatic heterocycles. The Morgan fingerprint density at radius 3 is 2.22 bits per heavy atom. The van der Waals surface area contributed by atoms with Gasteiger partial charge in [-0.3, -0.25) is 9.59 Å². The number of nitrogens with zero attached hydrogens (tertiary/aromatic N) is 1. The maximum Gasteiger partial charge on any atom is 0.282 e. The molecule has 0 fully saturated rings. The first-order valence-electron chi connectivity index (χ1n) is 10.7. The molecule has 1 heterocycles. The highest BCUT2D eigenvalue weighted by molar-refractivity contribution is 6.46. The van der Waals surface area contributed by atoms with Gasteiger partial charge in [0.2, 0.25) is 0 Å². The summed E-state index contributed by atoms with van der Waals surface area (Å²) in [4.78, 5) is 28.4. The van der Waals surface area contributed by atoms with Crippen molar-refractivity contribution in [2.45, 2.75) is 27.7 Å². The Hall–Kier alpha value is -3.86. The van der Waals surface area contributed by atoms with E-state index in [0.29, 0.717) is 23.6 Å². The van der Waals surface area contributed by atoms with Crippen LogP contribution in [-0.4, -0.2) is 18.4 Å². The Kier molecular flexibility index (Phi) is 5.82. The second kappa shape index (κ2) is 8.71. The van der Waals surface area contributed by atoms with Crippen LogP contribution in [0.3, 0.4) is 0 Å². The van der Waals surface area contributed by atoms with Crippen LogP contribution in [0.4, 0.5) is 11.4 Å². The Morgan fingerprint density at radius 1 is 0.844 bits per heavy atom. The first-order valence-corrected chi connectivity index (χ1v) is 10.7. The average Bonchev–Trinajstić information content (AvgIpc) is 3.00. The van der Waals surface area contributed by atoms with E-state index in [2.05, 4.69) is 5.32 Å². The number of aryl methyl sites for hydroxylation is 3. The number of hydrogen-bond acceptors (Lipinski definition) is 4. The van der Waals surface area contributed by atoms with Gasteiger partial charge < -0.3 is 10.1 Å². The van der Waals surface area contributed by atoms with Gasteiger partial charge in [-0.1, -0.05) is 42.0 Å². The zero-order valence-corrected chi connectivity index (χ0v) is 18.7. The molecule has 0 spiro atoms. The maximum atomic E-state index is 13.6. The molecule has 0 aliphatic carbocycles. The molecule has 3 aromatic carbocycles. The summed E-state index contributed by atoms with van der Waals surface area (Å²) in [5.41, 5.74) is 5.74. The van der Waals surface area contributed by atoms with Crippen LogP contribution in [0.1, 0.15) is 29.2 Å². The van der Waals surface area contributed by atoms with E-state index in [4.69, 9.17) is 4.74 Å². The number of benzene rings is 3. The molecule has 0 bridgehead atoms. The third kappa shape index (κ3) is 3.89. The second-order valence-electron chi connectivity index (χ2n) is 7.88. The second-order valence-corrected chi connectivity index (χ2v) is 7.88. The lowest BCUT2D eigenvalue weighted by Crippen LogP contribution is -2.32. The van der Waals surface area contributed by atoms with E-state index in [1.807, 2.05) is 70.2 Å². The normalized spacial score (nSPS) is 13.7. The maximum absolute atomic E-state index is 13.6. The first-order chi connectivity index (χ1) is 15.4. The summed E-state index contributed by atoms with van der Waals surface area (Å²) in [5.74, 6) is -0.0317. The summed E-state index contributed by atoms with van der Waals surface area (Å²) >= 11 is 0. The van der Waals surface area contributed by atoms with Crippen LogP contribution in [0.25, 0.3) is 5.57 Å². The number of nitrogens with one attached hydrogen (secondary N) is 1. The number of amides is 2. The van der Waals surface area contributed by atoms with Gasteiger partial charge in [0.25, 0.3) is 11.8 Å². The molecule has 0 unspecified atom stereocenters. The van der Waals surface area contributed by atoms with Gasteiger partial charge in [0, 0.05) is 5.69 Å². The Morgan fingerprint density at radius 2 is 1.56 bits per heavy atom. The topological polar surface area (TPSA) is 58.6 Å². The number of rotatable bonds is 6. The van der Waals surface area contributed by atoms with Crippen molar-refractivity contribution >= 4 is 28.8 Å². The SMILES string of the molecule is CCOc1ccc(N2C(=O)C(Nc3ccccc3C)=C(c3ccc(C)cc3C)C2=O)cc1. The van der Waals surface area contributed by atoms with Crippen LogP contribution in [0, 0.1) is 20.8 Å². The summed E-state index contributed by atoms with van der Waals surface area (Å²) in [6.45, 7) is 8.38. The van der Waals surface area contributed by atoms with Gasteiger partial charge in [-0.15, -0.1) is 0 Å². The summed E-state index contributed by atoms with van der Waals surface area (Å²) in [6, 6.07) is 20.6. The monoisotopic (exact) mass is 426 g/mol. The zero-order valence-electron chi connectivity index (χ0n) is 18.7. The zero-order chi connectivity index (χ0) is 22.8. The minimum Gasteiger partial charge on any atom is -0.494 e. The lowest BCUT2D eigenvalue weighted by Gasteiger charge is -2.16. The van der Waals surface area contributed by atoms with Crippen LogP contribution in [0.5, 0.6) is 5.75 Å². The predicted molar refractivity (Wildman–Crippen MR) is 128 cm³/mol. The standard InChI is InChI=1S/C27H26N2O3/c1-5-32-21-13-11-20(12-14-21)29-26(30)24(22-15-10-17(2)16-19(22)4)25(27(29)31)28-23-9-7-6-8-18(23)3/h6-16,28H,5H2,1-4H3. The lowest BCUT2D eigenvalue weighted by molar-refractivity contribution is -0.120. The smallest absolute Gasteiger partial charge is 0.282 e. The van der Waals surface area contributed by atoms with Crippen molar-refractivity contribution in [3.63, 3.8) is 0 Å². The number of anilines is 2. The minimum atomic E-state index is -0.377. The van der Waals surface area contributed by atoms with E-state index < -0.39 is 0 Å². The predicted octanol–water partition coefficient (Wildman–Crippen LogP) is 5.41. The van der Waals surface area contributed by atoms with Crippen LogP contribution < -0.4 is 15.0 Å². The number of carbonyl (C=O) groups excluding carboxylic acids is 2. The first kappa shape index (κ1) is 21.4. The number of para-hydroxylation sites is 1. The van der Waals surface area contributed by atoms with Crippen LogP contribution in [0.2, 0.25) is 0 Å². The molecule has 5 nitrogen and oxygen atoms in total. The van der Waals surface area contributed by atoms with Gasteiger partial charge in [0.05, 0.1) is 17.9 Å². The summed E-state index contributed by atoms with van der Waals surface area (Å²) < 4.78 is 5.50. The third-order valence-electron chi connectivity index (χ3n) is 5.55. The van der Waals surface area contributed by atoms with Crippen molar-refractivity contribution in [2.75, 3.05) is 16.8 Å². The highest BCUT2D eigenvalue weighted by atomic mass is 16.5. The molecule has 162 valence electrons. The molecular weight excluding hydrogens is 400 g/mol. The molecule has 5 heteroatoms. The largest absolute Gasteiger partial charge is 0.494 e. The van der Waals surface area contributed by atoms with E-state index >= 15 is 0 Å². The molecule has 1 aliphatic heterocycles. The summed E-state index contributed by atoms with van der Waals surface area (Å²) in [6.07, 6.45) is 0. The van der Waals surface area contributed by atoms with Crippen molar-refractivity contribution in [3.8, 4) is 5.75 Å². The summed E-state index contributed by atoms with van der Waals surface area (Å²) in [5, 5.41) is 3.25. The van der Waals surface area contributed by atoms with Crippen LogP contribution in [0.15, 0.2) is 72.4 Å². The van der Waals surface area contributed by atoms with Crippen LogP contribution >= 0.6 is 0 Å². The lowest BCUT2D eigenvalue weighted by atomic mass is 9.97. The summed E-state index contributed by atoms with van der Waals surface area (Å²) in [7, 11) is 0. The average molecular weight is 427 g/mol. The Bertz CT molecular complexity index is 1230. The molecule has 32 heavy (non-hydrogen) atoms. The minimum absolute atomic E-state index is 0.283. The van der Waals surface area contributed by atoms with E-state index in [1.54, 1.807) is 24.3 Å². The van der Waals surface area contributed by atoms with Gasteiger partial charge in [-0.2, -0.15) is 0 Å². The number of imide groups is 1. The number of hydrogen-bond donors (Lipinski definition) is 1. The fourth-order valence-corrected chi connectivity index (χ4v) is 3.93. The van der Waals surface area contributed by atoms with E-state index in [9.17, 15) is 9.59 Å². The Labute approximate surface area is 188 Å². The van der Waals surface area contributed by atoms with Gasteiger partial charge >= 0.3 is 0 Å². The third-order valence-corrected chi connectivity index (χ3v) is 5.55. The van der Waals surface area contributed by atoms with E-state index in [1.165, 1.54) is 4.90 Å². The molecule has 0 radical (unpaired) electrons. The number of carbonyl (C=O) groups is 2. The van der Waals surface area contributed by atoms with Crippen molar-refractivity contribution in [3.05, 3.63) is 94.7 Å². The van der Waals surface area contributed by atoms with Gasteiger partial charge in [-0.25, -0.2) is 4.90 Å². The van der Waals surface area contributed by atoms with E-state index in [0.717, 1.165) is 27.9 Å². The van der Waals surface area contributed by atoms with E-state index in [-0.39, 0.29) is 17.5 Å². The van der Waals surface area contributed by atoms with Crippen molar-refractivity contribution in [1.29, 1.82) is 0 Å². The molecular formula is C27H26N2O3. The van der Waals surface area contributed by atoms with Gasteiger partial charge in [0.15, 0.2) is 0 Å². The highest BCUT2D eigenvalue weighted by Crippen LogP contribution is 2.36. The molecule has 2 amide bonds. The highest BCUT2D eigenvalue weighted by Gasteiger charge is 2.40. The molecule has 0 atom stereocenters. The molecule has 1 aliphatic rings. The number of ether oxygens (including phenoxy) is 1. The van der Waals surface area contributed by atoms with Gasteiger partial charge in [-0.05, 0) is 74.7 Å². The molecule has 1 N–H and O–H groups in total.